The third kappa shape index (κ3) is 7.64. The van der Waals surface area contributed by atoms with Crippen LogP contribution in [0.3, 0.4) is 0 Å². The quantitative estimate of drug-likeness (QED) is 0.123. The summed E-state index contributed by atoms with van der Waals surface area (Å²) in [7, 11) is 0. The molecule has 3 amide bonds. The van der Waals surface area contributed by atoms with Crippen LogP contribution in [-0.4, -0.2) is 78.0 Å². The van der Waals surface area contributed by atoms with E-state index in [1.165, 1.54) is 29.6 Å². The number of nitrogens with one attached hydrogen (secondary N) is 1. The lowest BCUT2D eigenvalue weighted by Gasteiger charge is -2.36. The number of aromatic hydroxyl groups is 1. The SMILES string of the molecule is CCC(=C(c1ccc(O)cc1)c1ccc(OCC2CC2CCN2CCN(c3ccc4c(c3)CN(C3CCC(=O)NC3=O)C4=O)CC2)cc1)c1ccccc1. The molecule has 8 rings (SSSR count). The number of phenolic OH excluding ortho intramolecular Hbond substituents is 1. The second-order valence-corrected chi connectivity index (χ2v) is 15.1. The van der Waals surface area contributed by atoms with E-state index >= 15 is 0 Å². The highest BCUT2D eigenvalue weighted by Crippen LogP contribution is 2.42. The molecule has 3 aliphatic heterocycles. The van der Waals surface area contributed by atoms with Gasteiger partial charge in [0.1, 0.15) is 17.5 Å². The summed E-state index contributed by atoms with van der Waals surface area (Å²) in [4.78, 5) is 43.7. The molecule has 2 N–H and O–H groups in total. The Morgan fingerprint density at radius 2 is 1.56 bits per heavy atom. The van der Waals surface area contributed by atoms with Crippen molar-refractivity contribution in [2.75, 3.05) is 44.2 Å². The van der Waals surface area contributed by atoms with Gasteiger partial charge in [-0.25, -0.2) is 0 Å². The van der Waals surface area contributed by atoms with Gasteiger partial charge in [-0.05, 0) is 120 Å². The molecule has 0 radical (unpaired) electrons. The molecule has 0 spiro atoms. The molecule has 3 fully saturated rings. The summed E-state index contributed by atoms with van der Waals surface area (Å²) in [5.41, 5.74) is 8.55. The number of fused-ring (bicyclic) bond motifs is 1. The first-order chi connectivity index (χ1) is 26.3. The summed E-state index contributed by atoms with van der Waals surface area (Å²) in [6, 6.07) is 31.9. The molecule has 3 atom stereocenters. The van der Waals surface area contributed by atoms with Gasteiger partial charge in [0, 0.05) is 50.4 Å². The van der Waals surface area contributed by atoms with Gasteiger partial charge in [0.05, 0.1) is 6.61 Å². The van der Waals surface area contributed by atoms with E-state index in [4.69, 9.17) is 4.74 Å². The maximum atomic E-state index is 13.1. The Bertz CT molecular complexity index is 2040. The molecule has 0 aromatic heterocycles. The zero-order chi connectivity index (χ0) is 37.2. The molecule has 3 heterocycles. The van der Waals surface area contributed by atoms with Gasteiger partial charge >= 0.3 is 0 Å². The van der Waals surface area contributed by atoms with Crippen LogP contribution in [0, 0.1) is 11.8 Å². The smallest absolute Gasteiger partial charge is 0.255 e. The van der Waals surface area contributed by atoms with Crippen LogP contribution in [0.4, 0.5) is 5.69 Å². The largest absolute Gasteiger partial charge is 0.508 e. The van der Waals surface area contributed by atoms with Gasteiger partial charge in [-0.1, -0.05) is 61.5 Å². The highest BCUT2D eigenvalue weighted by molar-refractivity contribution is 6.05. The number of anilines is 1. The van der Waals surface area contributed by atoms with E-state index in [2.05, 4.69) is 76.6 Å². The highest BCUT2D eigenvalue weighted by Gasteiger charge is 2.40. The van der Waals surface area contributed by atoms with Crippen molar-refractivity contribution in [3.8, 4) is 11.5 Å². The average molecular weight is 725 g/mol. The van der Waals surface area contributed by atoms with Crippen LogP contribution in [0.15, 0.2) is 97.1 Å². The molecule has 0 bridgehead atoms. The predicted molar refractivity (Wildman–Crippen MR) is 210 cm³/mol. The fraction of sp³-hybridized carbons (Fsp3) is 0.356. The van der Waals surface area contributed by atoms with Crippen molar-refractivity contribution in [1.82, 2.24) is 15.1 Å². The van der Waals surface area contributed by atoms with Gasteiger partial charge in [0.25, 0.3) is 5.91 Å². The van der Waals surface area contributed by atoms with Crippen molar-refractivity contribution in [1.29, 1.82) is 0 Å². The van der Waals surface area contributed by atoms with Crippen LogP contribution < -0.4 is 15.0 Å². The van der Waals surface area contributed by atoms with Gasteiger partial charge in [0.15, 0.2) is 0 Å². The number of hydrogen-bond donors (Lipinski definition) is 2. The summed E-state index contributed by atoms with van der Waals surface area (Å²) >= 11 is 0. The van der Waals surface area contributed by atoms with E-state index in [9.17, 15) is 19.5 Å². The van der Waals surface area contributed by atoms with Crippen LogP contribution >= 0.6 is 0 Å². The number of imide groups is 1. The molecule has 3 unspecified atom stereocenters. The summed E-state index contributed by atoms with van der Waals surface area (Å²) in [5.74, 6) is 1.67. The van der Waals surface area contributed by atoms with Crippen LogP contribution in [-0.2, 0) is 16.1 Å². The van der Waals surface area contributed by atoms with Gasteiger partial charge in [-0.3, -0.25) is 24.6 Å². The number of phenols is 1. The van der Waals surface area contributed by atoms with E-state index in [1.54, 1.807) is 17.0 Å². The number of rotatable bonds is 12. The van der Waals surface area contributed by atoms with Crippen molar-refractivity contribution in [2.45, 2.75) is 51.6 Å². The first kappa shape index (κ1) is 35.6. The summed E-state index contributed by atoms with van der Waals surface area (Å²) in [6.45, 7) is 8.30. The first-order valence-corrected chi connectivity index (χ1v) is 19.4. The number of piperazine rings is 1. The van der Waals surface area contributed by atoms with E-state index < -0.39 is 6.04 Å². The second-order valence-electron chi connectivity index (χ2n) is 15.1. The summed E-state index contributed by atoms with van der Waals surface area (Å²) in [6.07, 6.45) is 3.91. The van der Waals surface area contributed by atoms with Crippen LogP contribution in [0.1, 0.15) is 71.6 Å². The minimum Gasteiger partial charge on any atom is -0.508 e. The molecule has 1 aliphatic carbocycles. The maximum absolute atomic E-state index is 13.1. The Morgan fingerprint density at radius 1 is 0.833 bits per heavy atom. The lowest BCUT2D eigenvalue weighted by Crippen LogP contribution is -2.52. The van der Waals surface area contributed by atoms with Crippen molar-refractivity contribution in [2.24, 2.45) is 11.8 Å². The molecule has 4 aliphatic rings. The number of nitrogens with zero attached hydrogens (tertiary/aromatic N) is 3. The number of piperidine rings is 1. The van der Waals surface area contributed by atoms with Gasteiger partial charge in [-0.15, -0.1) is 0 Å². The molecular formula is C45H48N4O5. The number of carbonyl (C=O) groups excluding carboxylic acids is 3. The number of allylic oxidation sites excluding steroid dienone is 1. The maximum Gasteiger partial charge on any atom is 0.255 e. The van der Waals surface area contributed by atoms with Crippen LogP contribution in [0.2, 0.25) is 0 Å². The number of amides is 3. The molecule has 9 nitrogen and oxygen atoms in total. The van der Waals surface area contributed by atoms with Crippen molar-refractivity contribution < 1.29 is 24.2 Å². The van der Waals surface area contributed by atoms with Gasteiger partial charge in [-0.2, -0.15) is 0 Å². The Balaban J connectivity index is 0.804. The van der Waals surface area contributed by atoms with Crippen molar-refractivity contribution in [3.05, 3.63) is 125 Å². The Morgan fingerprint density at radius 3 is 2.26 bits per heavy atom. The van der Waals surface area contributed by atoms with Crippen molar-refractivity contribution >= 4 is 34.6 Å². The molecule has 54 heavy (non-hydrogen) atoms. The minimum absolute atomic E-state index is 0.129. The van der Waals surface area contributed by atoms with E-state index in [-0.39, 0.29) is 29.9 Å². The van der Waals surface area contributed by atoms with Crippen molar-refractivity contribution in [3.63, 3.8) is 0 Å². The zero-order valence-corrected chi connectivity index (χ0v) is 30.9. The molecule has 9 heteroatoms. The number of ether oxygens (including phenoxy) is 1. The molecule has 4 aromatic rings. The fourth-order valence-corrected chi connectivity index (χ4v) is 8.43. The molecule has 1 saturated carbocycles. The number of hydrogen-bond acceptors (Lipinski definition) is 7. The Labute approximate surface area is 317 Å². The highest BCUT2D eigenvalue weighted by atomic mass is 16.5. The summed E-state index contributed by atoms with van der Waals surface area (Å²) in [5, 5.41) is 12.3. The fourth-order valence-electron chi connectivity index (χ4n) is 8.43. The zero-order valence-electron chi connectivity index (χ0n) is 30.9. The van der Waals surface area contributed by atoms with E-state index in [0.29, 0.717) is 30.4 Å². The summed E-state index contributed by atoms with van der Waals surface area (Å²) < 4.78 is 6.30. The number of carbonyl (C=O) groups is 3. The molecule has 4 aromatic carbocycles. The standard InChI is InChI=1S/C45H48N4O5/c1-2-39(30-6-4-3-5-7-30)43(31-8-13-37(50)14-9-31)32-10-15-38(16-11-32)54-29-35-26-33(35)20-21-47-22-24-48(25-23-47)36-12-17-40-34(27-36)28-49(45(40)53)41-18-19-42(51)46-44(41)52/h3-17,27,33,35,41,50H,2,18-26,28-29H2,1H3,(H,46,51,52). The second kappa shape index (κ2) is 15.5. The van der Waals surface area contributed by atoms with Crippen LogP contribution in [0.25, 0.3) is 11.1 Å². The molecule has 2 saturated heterocycles. The van der Waals surface area contributed by atoms with Gasteiger partial charge < -0.3 is 19.6 Å². The third-order valence-electron chi connectivity index (χ3n) is 11.7. The monoisotopic (exact) mass is 724 g/mol. The first-order valence-electron chi connectivity index (χ1n) is 19.4. The minimum atomic E-state index is -0.590. The van der Waals surface area contributed by atoms with E-state index in [0.717, 1.165) is 73.9 Å². The Hall–Kier alpha value is -5.41. The third-order valence-corrected chi connectivity index (χ3v) is 11.7. The van der Waals surface area contributed by atoms with E-state index in [1.807, 2.05) is 30.3 Å². The van der Waals surface area contributed by atoms with Crippen LogP contribution in [0.5, 0.6) is 11.5 Å². The molecular weight excluding hydrogens is 677 g/mol. The van der Waals surface area contributed by atoms with Gasteiger partial charge in [0.2, 0.25) is 11.8 Å². The molecule has 278 valence electrons. The lowest BCUT2D eigenvalue weighted by molar-refractivity contribution is -0.136. The lowest BCUT2D eigenvalue weighted by atomic mass is 9.88. The predicted octanol–water partition coefficient (Wildman–Crippen LogP) is 6.75. The number of benzene rings is 4. The normalized spacial score (nSPS) is 21.8. The topological polar surface area (TPSA) is 102 Å². The average Bonchev–Trinajstić information content (AvgIpc) is 3.88. The Kier molecular flexibility index (Phi) is 10.2.